The molecule has 0 aliphatic heterocycles. The highest BCUT2D eigenvalue weighted by atomic mass is 79.9. The zero-order chi connectivity index (χ0) is 28.0. The van der Waals surface area contributed by atoms with Crippen LogP contribution in [-0.4, -0.2) is 51.9 Å². The van der Waals surface area contributed by atoms with E-state index in [4.69, 9.17) is 16.3 Å². The van der Waals surface area contributed by atoms with E-state index in [9.17, 15) is 18.0 Å². The normalized spacial score (nSPS) is 11.9. The highest BCUT2D eigenvalue weighted by molar-refractivity contribution is 9.10. The summed E-state index contributed by atoms with van der Waals surface area (Å²) in [6, 6.07) is 17.2. The molecule has 0 fully saturated rings. The fourth-order valence-electron chi connectivity index (χ4n) is 3.75. The lowest BCUT2D eigenvalue weighted by molar-refractivity contribution is -0.139. The Labute approximate surface area is 236 Å². The summed E-state index contributed by atoms with van der Waals surface area (Å²) in [7, 11) is -1.23. The summed E-state index contributed by atoms with van der Waals surface area (Å²) in [6.07, 6.45) is 0. The van der Waals surface area contributed by atoms with Crippen LogP contribution in [0.1, 0.15) is 18.1 Å². The third-order valence-electron chi connectivity index (χ3n) is 5.99. The monoisotopic (exact) mass is 621 g/mol. The second-order valence-corrected chi connectivity index (χ2v) is 11.7. The molecule has 0 heterocycles. The molecule has 3 aromatic rings. The standard InChI is InChI=1S/C27H29BrClN3O5S/c1-18-5-11-22(12-6-18)32(38(35,36)23-13-14-25(37-4)24(28)15-23)17-26(33)31(19(2)27(34)30-3)16-20-7-9-21(29)10-8-20/h5-15,19H,16-17H2,1-4H3,(H,30,34). The molecule has 1 unspecified atom stereocenters. The Kier molecular flexibility index (Phi) is 9.81. The van der Waals surface area contributed by atoms with Crippen molar-refractivity contribution < 1.29 is 22.7 Å². The summed E-state index contributed by atoms with van der Waals surface area (Å²) in [6.45, 7) is 3.04. The number of aryl methyl sites for hydroxylation is 1. The Balaban J connectivity index is 2.04. The van der Waals surface area contributed by atoms with Gasteiger partial charge in [-0.15, -0.1) is 0 Å². The summed E-state index contributed by atoms with van der Waals surface area (Å²) in [5.41, 5.74) is 1.99. The molecule has 38 heavy (non-hydrogen) atoms. The van der Waals surface area contributed by atoms with Crippen LogP contribution in [-0.2, 0) is 26.2 Å². The Bertz CT molecular complexity index is 1400. The second-order valence-electron chi connectivity index (χ2n) is 8.58. The lowest BCUT2D eigenvalue weighted by Gasteiger charge is -2.32. The number of benzene rings is 3. The van der Waals surface area contributed by atoms with E-state index >= 15 is 0 Å². The summed E-state index contributed by atoms with van der Waals surface area (Å²) in [4.78, 5) is 27.6. The van der Waals surface area contributed by atoms with E-state index in [0.717, 1.165) is 15.4 Å². The molecule has 11 heteroatoms. The molecule has 0 radical (unpaired) electrons. The molecule has 0 aliphatic carbocycles. The number of sulfonamides is 1. The summed E-state index contributed by atoms with van der Waals surface area (Å²) >= 11 is 9.34. The molecule has 0 aromatic heterocycles. The van der Waals surface area contributed by atoms with Gasteiger partial charge in [0.25, 0.3) is 10.0 Å². The van der Waals surface area contributed by atoms with Crippen molar-refractivity contribution in [3.05, 3.63) is 87.4 Å². The number of amides is 2. The quantitative estimate of drug-likeness (QED) is 0.351. The van der Waals surface area contributed by atoms with E-state index in [2.05, 4.69) is 21.2 Å². The van der Waals surface area contributed by atoms with Gasteiger partial charge in [-0.2, -0.15) is 0 Å². The maximum absolute atomic E-state index is 13.9. The van der Waals surface area contributed by atoms with Gasteiger partial charge in [0.15, 0.2) is 0 Å². The van der Waals surface area contributed by atoms with Crippen LogP contribution >= 0.6 is 27.5 Å². The molecule has 0 bridgehead atoms. The number of rotatable bonds is 10. The minimum Gasteiger partial charge on any atom is -0.496 e. The smallest absolute Gasteiger partial charge is 0.264 e. The first kappa shape index (κ1) is 29.5. The molecular formula is C27H29BrClN3O5S. The van der Waals surface area contributed by atoms with Crippen LogP contribution in [0.25, 0.3) is 0 Å². The summed E-state index contributed by atoms with van der Waals surface area (Å²) < 4.78 is 34.5. The van der Waals surface area contributed by atoms with Gasteiger partial charge in [-0.25, -0.2) is 8.42 Å². The largest absolute Gasteiger partial charge is 0.496 e. The molecule has 0 saturated carbocycles. The molecule has 0 aliphatic rings. The van der Waals surface area contributed by atoms with Crippen molar-refractivity contribution in [1.29, 1.82) is 0 Å². The van der Waals surface area contributed by atoms with Crippen LogP contribution in [0.5, 0.6) is 5.75 Å². The van der Waals surface area contributed by atoms with Crippen LogP contribution in [0.2, 0.25) is 5.02 Å². The van der Waals surface area contributed by atoms with Crippen LogP contribution in [0.15, 0.2) is 76.1 Å². The van der Waals surface area contributed by atoms with E-state index in [1.54, 1.807) is 55.5 Å². The SMILES string of the molecule is CNC(=O)C(C)N(Cc1ccc(Cl)cc1)C(=O)CN(c1ccc(C)cc1)S(=O)(=O)c1ccc(OC)c(Br)c1. The number of methoxy groups -OCH3 is 1. The van der Waals surface area contributed by atoms with Crippen molar-refractivity contribution >= 4 is 55.1 Å². The molecular weight excluding hydrogens is 594 g/mol. The number of nitrogens with zero attached hydrogens (tertiary/aromatic N) is 2. The van der Waals surface area contributed by atoms with Crippen molar-refractivity contribution in [2.75, 3.05) is 25.0 Å². The summed E-state index contributed by atoms with van der Waals surface area (Å²) in [5, 5.41) is 3.09. The number of hydrogen-bond acceptors (Lipinski definition) is 5. The average Bonchev–Trinajstić information content (AvgIpc) is 2.90. The molecule has 202 valence electrons. The third-order valence-corrected chi connectivity index (χ3v) is 8.63. The first-order valence-electron chi connectivity index (χ1n) is 11.7. The van der Waals surface area contributed by atoms with E-state index in [0.29, 0.717) is 20.9 Å². The lowest BCUT2D eigenvalue weighted by Crippen LogP contribution is -2.50. The molecule has 1 atom stereocenters. The molecule has 3 aromatic carbocycles. The minimum atomic E-state index is -4.19. The predicted molar refractivity (Wildman–Crippen MR) is 152 cm³/mol. The molecule has 2 amide bonds. The van der Waals surface area contributed by atoms with E-state index < -0.39 is 28.5 Å². The zero-order valence-electron chi connectivity index (χ0n) is 21.4. The number of hydrogen-bond donors (Lipinski definition) is 1. The average molecular weight is 623 g/mol. The van der Waals surface area contributed by atoms with Crippen molar-refractivity contribution in [3.63, 3.8) is 0 Å². The van der Waals surface area contributed by atoms with E-state index in [1.165, 1.54) is 37.3 Å². The number of anilines is 1. The molecule has 1 N–H and O–H groups in total. The minimum absolute atomic E-state index is 0.0258. The van der Waals surface area contributed by atoms with Gasteiger partial charge >= 0.3 is 0 Å². The lowest BCUT2D eigenvalue weighted by atomic mass is 10.1. The van der Waals surface area contributed by atoms with Gasteiger partial charge in [-0.05, 0) is 77.8 Å². The van der Waals surface area contributed by atoms with Gasteiger partial charge in [0.2, 0.25) is 11.8 Å². The first-order chi connectivity index (χ1) is 18.0. The van der Waals surface area contributed by atoms with Crippen molar-refractivity contribution in [2.24, 2.45) is 0 Å². The van der Waals surface area contributed by atoms with Gasteiger partial charge < -0.3 is 15.0 Å². The summed E-state index contributed by atoms with van der Waals surface area (Å²) in [5.74, 6) is -0.459. The van der Waals surface area contributed by atoms with Crippen LogP contribution in [0, 0.1) is 6.92 Å². The predicted octanol–water partition coefficient (Wildman–Crippen LogP) is 4.78. The maximum Gasteiger partial charge on any atom is 0.264 e. The number of carbonyl (C=O) groups excluding carboxylic acids is 2. The molecule has 0 saturated heterocycles. The number of carbonyl (C=O) groups is 2. The Morgan fingerprint density at radius 1 is 1.05 bits per heavy atom. The molecule has 0 spiro atoms. The third kappa shape index (κ3) is 6.86. The van der Waals surface area contributed by atoms with Crippen molar-refractivity contribution in [1.82, 2.24) is 10.2 Å². The van der Waals surface area contributed by atoms with Crippen LogP contribution in [0.4, 0.5) is 5.69 Å². The number of ether oxygens (including phenoxy) is 1. The fourth-order valence-corrected chi connectivity index (χ4v) is 6.01. The number of nitrogens with one attached hydrogen (secondary N) is 1. The highest BCUT2D eigenvalue weighted by Gasteiger charge is 2.32. The van der Waals surface area contributed by atoms with E-state index in [-0.39, 0.29) is 17.3 Å². The van der Waals surface area contributed by atoms with Gasteiger partial charge in [-0.3, -0.25) is 13.9 Å². The number of likely N-dealkylation sites (N-methyl/N-ethyl adjacent to an activating group) is 1. The first-order valence-corrected chi connectivity index (χ1v) is 14.3. The van der Waals surface area contributed by atoms with Crippen LogP contribution < -0.4 is 14.4 Å². The Morgan fingerprint density at radius 2 is 1.68 bits per heavy atom. The van der Waals surface area contributed by atoms with Gasteiger partial charge in [-0.1, -0.05) is 41.4 Å². The molecule has 3 rings (SSSR count). The van der Waals surface area contributed by atoms with Crippen molar-refractivity contribution in [2.45, 2.75) is 31.3 Å². The van der Waals surface area contributed by atoms with E-state index in [1.807, 2.05) is 6.92 Å². The Hall–Kier alpha value is -3.08. The zero-order valence-corrected chi connectivity index (χ0v) is 24.6. The molecule has 8 nitrogen and oxygen atoms in total. The van der Waals surface area contributed by atoms with Gasteiger partial charge in [0, 0.05) is 18.6 Å². The topological polar surface area (TPSA) is 96.0 Å². The number of halogens is 2. The second kappa shape index (κ2) is 12.6. The van der Waals surface area contributed by atoms with Gasteiger partial charge in [0.05, 0.1) is 22.2 Å². The maximum atomic E-state index is 13.9. The Morgan fingerprint density at radius 3 is 2.24 bits per heavy atom. The fraction of sp³-hybridized carbons (Fsp3) is 0.259. The highest BCUT2D eigenvalue weighted by Crippen LogP contribution is 2.31. The van der Waals surface area contributed by atoms with Crippen molar-refractivity contribution in [3.8, 4) is 5.75 Å². The van der Waals surface area contributed by atoms with Gasteiger partial charge in [0.1, 0.15) is 18.3 Å². The van der Waals surface area contributed by atoms with Crippen LogP contribution in [0.3, 0.4) is 0 Å².